The number of nitrogens with zero attached hydrogens (tertiary/aromatic N) is 4. The third kappa shape index (κ3) is 4.70. The highest BCUT2D eigenvalue weighted by Gasteiger charge is 2.39. The Labute approximate surface area is 207 Å². The molecule has 180 valence electrons. The molecular formula is C25H24ClFN6O2. The maximum absolute atomic E-state index is 13.8. The Morgan fingerprint density at radius 3 is 2.49 bits per heavy atom. The number of urea groups is 1. The van der Waals surface area contributed by atoms with Gasteiger partial charge in [-0.3, -0.25) is 9.48 Å². The molecule has 1 aliphatic rings. The van der Waals surface area contributed by atoms with Crippen LogP contribution in [0.25, 0.3) is 16.1 Å². The summed E-state index contributed by atoms with van der Waals surface area (Å²) in [6.45, 7) is 13.6. The van der Waals surface area contributed by atoms with Crippen molar-refractivity contribution < 1.29 is 14.0 Å². The molecule has 0 aliphatic carbocycles. The maximum Gasteiger partial charge on any atom is 0.322 e. The molecule has 3 N–H and O–H groups in total. The largest absolute Gasteiger partial charge is 0.365 e. The lowest BCUT2D eigenvalue weighted by Crippen LogP contribution is -2.47. The zero-order chi connectivity index (χ0) is 25.5. The van der Waals surface area contributed by atoms with Crippen LogP contribution in [0.5, 0.6) is 0 Å². The number of aromatic nitrogens is 2. The lowest BCUT2D eigenvalue weighted by atomic mass is 9.85. The first kappa shape index (κ1) is 24.2. The van der Waals surface area contributed by atoms with E-state index in [1.54, 1.807) is 33.8 Å². The summed E-state index contributed by atoms with van der Waals surface area (Å²) in [5, 5.41) is 7.46. The lowest BCUT2D eigenvalue weighted by Gasteiger charge is -2.40. The predicted octanol–water partition coefficient (Wildman–Crippen LogP) is 5.63. The summed E-state index contributed by atoms with van der Waals surface area (Å²) < 4.78 is 15.5. The van der Waals surface area contributed by atoms with Gasteiger partial charge in [-0.2, -0.15) is 5.10 Å². The van der Waals surface area contributed by atoms with Crippen LogP contribution in [0.1, 0.15) is 42.9 Å². The number of nitrogens with one attached hydrogen (secondary N) is 1. The van der Waals surface area contributed by atoms with E-state index in [2.05, 4.69) is 10.2 Å². The highest BCUT2D eigenvalue weighted by molar-refractivity contribution is 6.31. The van der Waals surface area contributed by atoms with Crippen molar-refractivity contribution in [2.75, 3.05) is 11.9 Å². The third-order valence-electron chi connectivity index (χ3n) is 6.01. The second-order valence-electron chi connectivity index (χ2n) is 9.46. The number of rotatable bonds is 3. The molecule has 0 radical (unpaired) electrons. The predicted molar refractivity (Wildman–Crippen MR) is 132 cm³/mol. The number of carbonyl (C=O) groups excluding carboxylic acids is 2. The highest BCUT2D eigenvalue weighted by Crippen LogP contribution is 2.39. The van der Waals surface area contributed by atoms with E-state index in [-0.39, 0.29) is 34.6 Å². The van der Waals surface area contributed by atoms with Crippen LogP contribution in [-0.4, -0.2) is 33.2 Å². The van der Waals surface area contributed by atoms with E-state index in [1.165, 1.54) is 18.2 Å². The van der Waals surface area contributed by atoms with Gasteiger partial charge in [0, 0.05) is 17.8 Å². The summed E-state index contributed by atoms with van der Waals surface area (Å²) in [5.41, 5.74) is 7.87. The smallest absolute Gasteiger partial charge is 0.322 e. The quantitative estimate of drug-likeness (QED) is 0.462. The lowest BCUT2D eigenvalue weighted by molar-refractivity contribution is 0.0987. The van der Waals surface area contributed by atoms with Crippen LogP contribution in [0.2, 0.25) is 5.02 Å². The first-order valence-corrected chi connectivity index (χ1v) is 11.3. The fourth-order valence-electron chi connectivity index (χ4n) is 4.13. The number of hydrogen-bond acceptors (Lipinski definition) is 3. The van der Waals surface area contributed by atoms with Crippen LogP contribution in [0.3, 0.4) is 0 Å². The molecule has 1 aliphatic heterocycles. The minimum atomic E-state index is -0.702. The molecule has 1 atom stereocenters. The van der Waals surface area contributed by atoms with Gasteiger partial charge in [0.05, 0.1) is 35.4 Å². The van der Waals surface area contributed by atoms with Crippen LogP contribution in [-0.2, 0) is 6.54 Å². The fraction of sp³-hybridized carbons (Fsp3) is 0.280. The average Bonchev–Trinajstić information content (AvgIpc) is 3.19. The summed E-state index contributed by atoms with van der Waals surface area (Å²) in [6, 6.07) is 10.0. The molecule has 0 saturated carbocycles. The molecule has 3 amide bonds. The van der Waals surface area contributed by atoms with Gasteiger partial charge in [-0.25, -0.2) is 14.0 Å². The zero-order valence-corrected chi connectivity index (χ0v) is 20.2. The van der Waals surface area contributed by atoms with E-state index >= 15 is 0 Å². The van der Waals surface area contributed by atoms with Crippen molar-refractivity contribution in [2.24, 2.45) is 11.1 Å². The van der Waals surface area contributed by atoms with Crippen molar-refractivity contribution in [1.82, 2.24) is 14.7 Å². The van der Waals surface area contributed by atoms with Gasteiger partial charge >= 0.3 is 6.03 Å². The summed E-state index contributed by atoms with van der Waals surface area (Å²) >= 11 is 5.98. The molecule has 1 aromatic heterocycles. The van der Waals surface area contributed by atoms with E-state index in [0.29, 0.717) is 34.9 Å². The number of anilines is 1. The van der Waals surface area contributed by atoms with Gasteiger partial charge in [-0.1, -0.05) is 44.5 Å². The molecule has 0 saturated heterocycles. The molecule has 35 heavy (non-hydrogen) atoms. The molecule has 0 fully saturated rings. The number of amides is 3. The Morgan fingerprint density at radius 1 is 1.23 bits per heavy atom. The van der Waals surface area contributed by atoms with Gasteiger partial charge in [0.1, 0.15) is 11.5 Å². The SMILES string of the molecule is [C-]#[N+]c1ccc(NC(=O)N2Cc3c(C(N)=O)c(-c4ccc(F)c(Cl)c4)nn3C(C(C)(C)C)C2)cc1. The maximum atomic E-state index is 13.8. The van der Waals surface area contributed by atoms with E-state index in [1.807, 2.05) is 20.8 Å². The van der Waals surface area contributed by atoms with Gasteiger partial charge in [-0.15, -0.1) is 0 Å². The van der Waals surface area contributed by atoms with Crippen LogP contribution >= 0.6 is 11.6 Å². The molecule has 8 nitrogen and oxygen atoms in total. The van der Waals surface area contributed by atoms with Crippen LogP contribution in [0.4, 0.5) is 20.6 Å². The molecule has 2 aromatic carbocycles. The van der Waals surface area contributed by atoms with Crippen molar-refractivity contribution in [2.45, 2.75) is 33.4 Å². The number of fused-ring (bicyclic) bond motifs is 1. The number of carbonyl (C=O) groups is 2. The molecule has 0 bridgehead atoms. The molecule has 1 unspecified atom stereocenters. The van der Waals surface area contributed by atoms with Crippen LogP contribution in [0, 0.1) is 17.8 Å². The zero-order valence-electron chi connectivity index (χ0n) is 19.5. The summed E-state index contributed by atoms with van der Waals surface area (Å²) in [6.07, 6.45) is 0. The molecular weight excluding hydrogens is 471 g/mol. The normalized spacial score (nSPS) is 15.3. The van der Waals surface area contributed by atoms with E-state index in [9.17, 15) is 14.0 Å². The molecule has 3 aromatic rings. The molecule has 0 spiro atoms. The number of nitrogens with two attached hydrogens (primary N) is 1. The Bertz CT molecular complexity index is 1350. The summed E-state index contributed by atoms with van der Waals surface area (Å²) in [5.74, 6) is -1.29. The fourth-order valence-corrected chi connectivity index (χ4v) is 4.31. The minimum Gasteiger partial charge on any atom is -0.365 e. The van der Waals surface area contributed by atoms with E-state index in [4.69, 9.17) is 29.0 Å². The topological polar surface area (TPSA) is 97.6 Å². The molecule has 4 rings (SSSR count). The van der Waals surface area contributed by atoms with Crippen molar-refractivity contribution in [3.63, 3.8) is 0 Å². The van der Waals surface area contributed by atoms with Gasteiger partial charge in [0.2, 0.25) is 0 Å². The molecule has 2 heterocycles. The number of primary amides is 1. The Morgan fingerprint density at radius 2 is 1.91 bits per heavy atom. The van der Waals surface area contributed by atoms with Crippen LogP contribution < -0.4 is 11.1 Å². The third-order valence-corrected chi connectivity index (χ3v) is 6.30. The van der Waals surface area contributed by atoms with Gasteiger partial charge in [-0.05, 0) is 35.7 Å². The Kier molecular flexibility index (Phi) is 6.26. The standard InChI is InChI=1S/C25H24ClFN6O2/c1-25(2,3)20-13-32(24(35)30-16-8-6-15(29-4)7-9-16)12-19-21(23(28)34)22(31-33(19)20)14-5-10-18(27)17(26)11-14/h5-11,20H,12-13H2,1-3H3,(H2,28,34)(H,30,35). The Hall–Kier alpha value is -3.90. The monoisotopic (exact) mass is 494 g/mol. The van der Waals surface area contributed by atoms with Crippen LogP contribution in [0.15, 0.2) is 42.5 Å². The van der Waals surface area contributed by atoms with Crippen molar-refractivity contribution >= 4 is 34.9 Å². The Balaban J connectivity index is 1.76. The number of hydrogen-bond donors (Lipinski definition) is 2. The van der Waals surface area contributed by atoms with Gasteiger partial charge < -0.3 is 16.0 Å². The number of benzene rings is 2. The highest BCUT2D eigenvalue weighted by atomic mass is 35.5. The number of halogens is 2. The minimum absolute atomic E-state index is 0.0958. The molecule has 10 heteroatoms. The van der Waals surface area contributed by atoms with Gasteiger partial charge in [0.25, 0.3) is 5.91 Å². The second-order valence-corrected chi connectivity index (χ2v) is 9.87. The van der Waals surface area contributed by atoms with Crippen molar-refractivity contribution in [3.05, 3.63) is 76.0 Å². The van der Waals surface area contributed by atoms with Crippen molar-refractivity contribution in [3.8, 4) is 11.3 Å². The first-order valence-electron chi connectivity index (χ1n) is 10.9. The first-order chi connectivity index (χ1) is 16.5. The van der Waals surface area contributed by atoms with E-state index < -0.39 is 11.7 Å². The van der Waals surface area contributed by atoms with Gasteiger partial charge in [0.15, 0.2) is 5.69 Å². The summed E-state index contributed by atoms with van der Waals surface area (Å²) in [7, 11) is 0. The van der Waals surface area contributed by atoms with E-state index in [0.717, 1.165) is 0 Å². The second kappa shape index (κ2) is 9.04. The average molecular weight is 495 g/mol. The summed E-state index contributed by atoms with van der Waals surface area (Å²) in [4.78, 5) is 30.7. The van der Waals surface area contributed by atoms with Crippen molar-refractivity contribution in [1.29, 1.82) is 0 Å².